The summed E-state index contributed by atoms with van der Waals surface area (Å²) in [5.41, 5.74) is 5.25. The molecule has 0 radical (unpaired) electrons. The highest BCUT2D eigenvalue weighted by molar-refractivity contribution is 5.82. The number of unbranched alkanes of at least 4 members (excludes halogenated alkanes) is 4. The van der Waals surface area contributed by atoms with Gasteiger partial charge in [-0.05, 0) is 49.6 Å². The zero-order valence-corrected chi connectivity index (χ0v) is 18.7. The minimum absolute atomic E-state index is 0.243. The monoisotopic (exact) mass is 436 g/mol. The molecule has 4 heteroatoms. The number of hydrogen-bond donors (Lipinski definition) is 1. The van der Waals surface area contributed by atoms with Crippen LogP contribution in [-0.4, -0.2) is 20.6 Å². The van der Waals surface area contributed by atoms with Crippen LogP contribution in [0.2, 0.25) is 0 Å². The van der Waals surface area contributed by atoms with Gasteiger partial charge in [0.25, 0.3) is 0 Å². The molecular weight excluding hydrogens is 408 g/mol. The third kappa shape index (κ3) is 5.49. The Balaban J connectivity index is 1.75. The summed E-state index contributed by atoms with van der Waals surface area (Å²) >= 11 is 0. The highest BCUT2D eigenvalue weighted by Crippen LogP contribution is 2.36. The number of aromatic hydroxyl groups is 1. The van der Waals surface area contributed by atoms with Crippen molar-refractivity contribution in [3.05, 3.63) is 91.0 Å². The molecule has 0 bridgehead atoms. The Hall–Kier alpha value is -3.88. The number of benzene rings is 3. The summed E-state index contributed by atoms with van der Waals surface area (Å²) in [6, 6.07) is 28.0. The lowest BCUT2D eigenvalue weighted by Crippen LogP contribution is -2.03. The number of nitrogens with zero attached hydrogens (tertiary/aromatic N) is 2. The summed E-state index contributed by atoms with van der Waals surface area (Å²) in [5, 5.41) is 9.80. The Kier molecular flexibility index (Phi) is 7.52. The number of allylic oxidation sites excluding steroid dienone is 1. The van der Waals surface area contributed by atoms with Gasteiger partial charge in [0.15, 0.2) is 0 Å². The van der Waals surface area contributed by atoms with Crippen LogP contribution in [0.5, 0.6) is 5.75 Å². The molecule has 33 heavy (non-hydrogen) atoms. The van der Waals surface area contributed by atoms with E-state index in [0.717, 1.165) is 72.6 Å². The van der Waals surface area contributed by atoms with Gasteiger partial charge < -0.3 is 9.67 Å². The largest absolute Gasteiger partial charge is 0.508 e. The molecule has 3 aromatic carbocycles. The summed E-state index contributed by atoms with van der Waals surface area (Å²) in [4.78, 5) is 15.5. The Morgan fingerprint density at radius 1 is 0.758 bits per heavy atom. The fraction of sp³-hybridized carbons (Fsp3) is 0.207. The molecule has 0 aliphatic heterocycles. The number of rotatable bonds is 10. The standard InChI is InChI=1S/C29H28N2O2/c32-22-12-4-2-1-3-11-21-31-28(24-15-9-6-10-16-24)27(23-13-7-5-8-14-23)30-29(31)25-17-19-26(33)20-18-25/h5-10,12-20,33H,1-4,11,21H2. The van der Waals surface area contributed by atoms with Crippen LogP contribution in [0.15, 0.2) is 91.0 Å². The molecule has 0 fully saturated rings. The maximum absolute atomic E-state index is 10.4. The number of phenolic OH excluding ortho intramolecular Hbond substituents is 1. The first-order valence-corrected chi connectivity index (χ1v) is 11.5. The molecule has 1 aromatic heterocycles. The highest BCUT2D eigenvalue weighted by atomic mass is 16.3. The second kappa shape index (κ2) is 11.1. The Morgan fingerprint density at radius 2 is 1.39 bits per heavy atom. The first-order valence-electron chi connectivity index (χ1n) is 11.5. The average Bonchev–Trinajstić information content (AvgIpc) is 3.24. The van der Waals surface area contributed by atoms with Crippen molar-refractivity contribution in [2.24, 2.45) is 0 Å². The van der Waals surface area contributed by atoms with E-state index in [2.05, 4.69) is 41.0 Å². The first-order chi connectivity index (χ1) is 16.3. The van der Waals surface area contributed by atoms with E-state index in [0.29, 0.717) is 0 Å². The number of aromatic nitrogens is 2. The van der Waals surface area contributed by atoms with Gasteiger partial charge in [0.05, 0.1) is 11.4 Å². The quantitative estimate of drug-likeness (QED) is 0.217. The Bertz CT molecular complexity index is 1210. The van der Waals surface area contributed by atoms with Crippen molar-refractivity contribution in [3.63, 3.8) is 0 Å². The van der Waals surface area contributed by atoms with E-state index in [1.54, 1.807) is 18.2 Å². The van der Waals surface area contributed by atoms with Crippen molar-refractivity contribution >= 4 is 5.94 Å². The van der Waals surface area contributed by atoms with Crippen molar-refractivity contribution in [3.8, 4) is 39.7 Å². The van der Waals surface area contributed by atoms with E-state index < -0.39 is 0 Å². The van der Waals surface area contributed by atoms with Gasteiger partial charge in [0, 0.05) is 23.2 Å². The maximum Gasteiger partial charge on any atom is 0.141 e. The molecule has 0 aliphatic carbocycles. The first kappa shape index (κ1) is 22.3. The van der Waals surface area contributed by atoms with Crippen molar-refractivity contribution in [1.82, 2.24) is 9.55 Å². The van der Waals surface area contributed by atoms with Crippen LogP contribution in [0.1, 0.15) is 32.1 Å². The van der Waals surface area contributed by atoms with Gasteiger partial charge in [-0.1, -0.05) is 73.5 Å². The predicted molar refractivity (Wildman–Crippen MR) is 134 cm³/mol. The third-order valence-electron chi connectivity index (χ3n) is 5.75. The average molecular weight is 437 g/mol. The second-order valence-corrected chi connectivity index (χ2v) is 8.09. The van der Waals surface area contributed by atoms with Gasteiger partial charge in [-0.2, -0.15) is 0 Å². The number of phenols is 1. The molecule has 0 atom stereocenters. The van der Waals surface area contributed by atoms with E-state index in [9.17, 15) is 9.90 Å². The lowest BCUT2D eigenvalue weighted by atomic mass is 10.0. The topological polar surface area (TPSA) is 55.1 Å². The second-order valence-electron chi connectivity index (χ2n) is 8.09. The molecule has 1 N–H and O–H groups in total. The van der Waals surface area contributed by atoms with Gasteiger partial charge in [0.1, 0.15) is 17.5 Å². The highest BCUT2D eigenvalue weighted by Gasteiger charge is 2.20. The van der Waals surface area contributed by atoms with Crippen LogP contribution < -0.4 is 0 Å². The summed E-state index contributed by atoms with van der Waals surface area (Å²) in [6.45, 7) is 0.837. The molecule has 0 amide bonds. The van der Waals surface area contributed by atoms with Gasteiger partial charge in [-0.15, -0.1) is 0 Å². The fourth-order valence-electron chi connectivity index (χ4n) is 4.12. The van der Waals surface area contributed by atoms with Crippen molar-refractivity contribution in [2.75, 3.05) is 0 Å². The van der Waals surface area contributed by atoms with E-state index in [-0.39, 0.29) is 5.75 Å². The van der Waals surface area contributed by atoms with Crippen LogP contribution in [0.25, 0.3) is 33.9 Å². The maximum atomic E-state index is 10.4. The number of hydrogen-bond acceptors (Lipinski definition) is 3. The van der Waals surface area contributed by atoms with Crippen LogP contribution in [0.3, 0.4) is 0 Å². The molecule has 1 heterocycles. The van der Waals surface area contributed by atoms with Gasteiger partial charge in [-0.3, -0.25) is 0 Å². The number of carbonyl (C=O) groups excluding carboxylic acids is 1. The molecule has 0 saturated heterocycles. The molecule has 4 aromatic rings. The lowest BCUT2D eigenvalue weighted by Gasteiger charge is -2.14. The SMILES string of the molecule is O=C=CCCCCCCn1c(-c2ccc(O)cc2)nc(-c2ccccc2)c1-c1ccccc1. The zero-order chi connectivity index (χ0) is 22.9. The number of imidazole rings is 1. The van der Waals surface area contributed by atoms with Gasteiger partial charge >= 0.3 is 0 Å². The molecule has 4 rings (SSSR count). The smallest absolute Gasteiger partial charge is 0.141 e. The minimum atomic E-state index is 0.243. The summed E-state index contributed by atoms with van der Waals surface area (Å²) in [5.74, 6) is 3.00. The molecule has 0 saturated carbocycles. The summed E-state index contributed by atoms with van der Waals surface area (Å²) in [6.07, 6.45) is 6.53. The fourth-order valence-corrected chi connectivity index (χ4v) is 4.12. The van der Waals surface area contributed by atoms with E-state index in [1.165, 1.54) is 0 Å². The molecule has 0 spiro atoms. The third-order valence-corrected chi connectivity index (χ3v) is 5.75. The van der Waals surface area contributed by atoms with Crippen molar-refractivity contribution in [2.45, 2.75) is 38.6 Å². The Labute approximate surface area is 194 Å². The van der Waals surface area contributed by atoms with Crippen molar-refractivity contribution < 1.29 is 9.90 Å². The van der Waals surface area contributed by atoms with Crippen LogP contribution in [-0.2, 0) is 11.3 Å². The summed E-state index contributed by atoms with van der Waals surface area (Å²) in [7, 11) is 0. The minimum Gasteiger partial charge on any atom is -0.508 e. The molecule has 0 aliphatic rings. The summed E-state index contributed by atoms with van der Waals surface area (Å²) < 4.78 is 2.31. The Morgan fingerprint density at radius 3 is 2.06 bits per heavy atom. The van der Waals surface area contributed by atoms with Crippen molar-refractivity contribution in [1.29, 1.82) is 0 Å². The van der Waals surface area contributed by atoms with Crippen LogP contribution in [0, 0.1) is 0 Å². The molecular formula is C29H28N2O2. The van der Waals surface area contributed by atoms with Crippen LogP contribution in [0.4, 0.5) is 0 Å². The van der Waals surface area contributed by atoms with E-state index >= 15 is 0 Å². The van der Waals surface area contributed by atoms with E-state index in [4.69, 9.17) is 4.98 Å². The molecule has 4 nitrogen and oxygen atoms in total. The zero-order valence-electron chi connectivity index (χ0n) is 18.7. The van der Waals surface area contributed by atoms with Crippen LogP contribution >= 0.6 is 0 Å². The van der Waals surface area contributed by atoms with Gasteiger partial charge in [-0.25, -0.2) is 9.78 Å². The lowest BCUT2D eigenvalue weighted by molar-refractivity contribution is 0.475. The van der Waals surface area contributed by atoms with E-state index in [1.807, 2.05) is 42.3 Å². The predicted octanol–water partition coefficient (Wildman–Crippen LogP) is 6.93. The van der Waals surface area contributed by atoms with Gasteiger partial charge in [0.2, 0.25) is 0 Å². The molecule has 166 valence electrons. The normalized spacial score (nSPS) is 10.7. The molecule has 0 unspecified atom stereocenters.